The zero-order chi connectivity index (χ0) is 18.7. The smallest absolute Gasteiger partial charge is 0.379 e. The van der Waals surface area contributed by atoms with E-state index in [4.69, 9.17) is 18.6 Å². The zero-order valence-electron chi connectivity index (χ0n) is 13.7. The highest BCUT2D eigenvalue weighted by molar-refractivity contribution is 5.81. The summed E-state index contributed by atoms with van der Waals surface area (Å²) in [6.07, 6.45) is 1.52. The molecule has 2 aromatic carbocycles. The Bertz CT molecular complexity index is 1050. The second kappa shape index (κ2) is 7.02. The van der Waals surface area contributed by atoms with Crippen LogP contribution in [-0.4, -0.2) is 18.7 Å². The second-order valence-corrected chi connectivity index (χ2v) is 5.18. The van der Waals surface area contributed by atoms with Crippen molar-refractivity contribution in [3.63, 3.8) is 0 Å². The molecule has 0 unspecified atom stereocenters. The molecule has 3 rings (SSSR count). The molecule has 0 radical (unpaired) electrons. The number of carbonyl (C=O) groups is 1. The molecule has 0 saturated carbocycles. The summed E-state index contributed by atoms with van der Waals surface area (Å²) < 4.78 is 20.6. The van der Waals surface area contributed by atoms with E-state index in [2.05, 4.69) is 6.58 Å². The maximum absolute atomic E-state index is 12.2. The fourth-order valence-electron chi connectivity index (χ4n) is 2.38. The van der Waals surface area contributed by atoms with E-state index in [1.54, 1.807) is 12.1 Å². The molecule has 0 atom stereocenters. The second-order valence-electron chi connectivity index (χ2n) is 5.18. The Labute approximate surface area is 147 Å². The van der Waals surface area contributed by atoms with E-state index in [9.17, 15) is 14.7 Å². The number of carbonyl (C=O) groups excluding carboxylic acids is 1. The SMILES string of the molecule is C=Cc1ccc(Oc2cc3cc(O)c(OC)cc3oc2=O)cc1OC=O. The van der Waals surface area contributed by atoms with Gasteiger partial charge in [-0.1, -0.05) is 12.7 Å². The monoisotopic (exact) mass is 354 g/mol. The Kier molecular flexibility index (Phi) is 4.62. The van der Waals surface area contributed by atoms with E-state index in [1.165, 1.54) is 37.5 Å². The molecule has 0 amide bonds. The summed E-state index contributed by atoms with van der Waals surface area (Å²) in [4.78, 5) is 22.8. The molecule has 0 aliphatic rings. The molecular formula is C19H14O7. The van der Waals surface area contributed by atoms with Crippen LogP contribution in [0.3, 0.4) is 0 Å². The maximum Gasteiger partial charge on any atom is 0.379 e. The highest BCUT2D eigenvalue weighted by Gasteiger charge is 2.12. The zero-order valence-corrected chi connectivity index (χ0v) is 13.7. The summed E-state index contributed by atoms with van der Waals surface area (Å²) in [7, 11) is 1.39. The summed E-state index contributed by atoms with van der Waals surface area (Å²) in [5.41, 5.74) is 0.117. The van der Waals surface area contributed by atoms with Crippen molar-refractivity contribution < 1.29 is 28.5 Å². The summed E-state index contributed by atoms with van der Waals surface area (Å²) >= 11 is 0. The van der Waals surface area contributed by atoms with Crippen molar-refractivity contribution in [1.29, 1.82) is 0 Å². The minimum atomic E-state index is -0.712. The Hall–Kier alpha value is -3.74. The van der Waals surface area contributed by atoms with Crippen LogP contribution in [-0.2, 0) is 4.79 Å². The number of hydrogen-bond acceptors (Lipinski definition) is 7. The maximum atomic E-state index is 12.2. The van der Waals surface area contributed by atoms with Gasteiger partial charge in [0.15, 0.2) is 11.5 Å². The average Bonchev–Trinajstić information content (AvgIpc) is 2.63. The van der Waals surface area contributed by atoms with Crippen molar-refractivity contribution >= 4 is 23.5 Å². The molecule has 0 aliphatic heterocycles. The highest BCUT2D eigenvalue weighted by Crippen LogP contribution is 2.33. The van der Waals surface area contributed by atoms with Gasteiger partial charge in [0, 0.05) is 23.1 Å². The molecule has 7 nitrogen and oxygen atoms in total. The van der Waals surface area contributed by atoms with Crippen molar-refractivity contribution in [1.82, 2.24) is 0 Å². The molecule has 0 spiro atoms. The van der Waals surface area contributed by atoms with Crippen LogP contribution in [0.5, 0.6) is 28.7 Å². The number of aromatic hydroxyl groups is 1. The van der Waals surface area contributed by atoms with Gasteiger partial charge >= 0.3 is 5.63 Å². The number of phenolic OH excluding ortho intramolecular Hbond substituents is 1. The van der Waals surface area contributed by atoms with Crippen LogP contribution in [0, 0.1) is 0 Å². The van der Waals surface area contributed by atoms with Gasteiger partial charge < -0.3 is 23.7 Å². The predicted molar refractivity (Wildman–Crippen MR) is 94.0 cm³/mol. The third kappa shape index (κ3) is 3.23. The molecule has 0 bridgehead atoms. The van der Waals surface area contributed by atoms with Gasteiger partial charge in [-0.3, -0.25) is 4.79 Å². The first-order valence-electron chi connectivity index (χ1n) is 7.45. The van der Waals surface area contributed by atoms with Crippen LogP contribution in [0.15, 0.2) is 52.2 Å². The summed E-state index contributed by atoms with van der Waals surface area (Å²) in [5.74, 6) is 0.490. The number of methoxy groups -OCH3 is 1. The Morgan fingerprint density at radius 1 is 1.12 bits per heavy atom. The third-order valence-corrected chi connectivity index (χ3v) is 3.61. The minimum absolute atomic E-state index is 0.0922. The molecule has 26 heavy (non-hydrogen) atoms. The van der Waals surface area contributed by atoms with Crippen LogP contribution in [0.2, 0.25) is 0 Å². The lowest BCUT2D eigenvalue weighted by atomic mass is 10.2. The van der Waals surface area contributed by atoms with E-state index < -0.39 is 5.63 Å². The molecule has 0 saturated heterocycles. The first kappa shape index (κ1) is 17.1. The van der Waals surface area contributed by atoms with Crippen LogP contribution < -0.4 is 19.8 Å². The standard InChI is InChI=1S/C19H14O7/c1-3-11-4-5-13(8-15(11)24-10-20)25-18-7-12-6-14(21)17(23-2)9-16(12)26-19(18)22/h3-10,21H,1H2,2H3. The number of hydrogen-bond donors (Lipinski definition) is 1. The van der Waals surface area contributed by atoms with Crippen molar-refractivity contribution in [3.8, 4) is 28.7 Å². The normalized spacial score (nSPS) is 10.3. The number of rotatable bonds is 6. The average molecular weight is 354 g/mol. The highest BCUT2D eigenvalue weighted by atomic mass is 16.5. The molecule has 0 fully saturated rings. The topological polar surface area (TPSA) is 95.2 Å². The van der Waals surface area contributed by atoms with Crippen LogP contribution in [0.1, 0.15) is 5.56 Å². The molecule has 1 aromatic heterocycles. The van der Waals surface area contributed by atoms with Crippen LogP contribution >= 0.6 is 0 Å². The molecule has 1 heterocycles. The Balaban J connectivity index is 2.02. The lowest BCUT2D eigenvalue weighted by molar-refractivity contribution is -0.120. The molecule has 0 aliphatic carbocycles. The Morgan fingerprint density at radius 2 is 1.92 bits per heavy atom. The summed E-state index contributed by atoms with van der Waals surface area (Å²) in [6, 6.07) is 8.89. The first-order chi connectivity index (χ1) is 12.5. The predicted octanol–water partition coefficient (Wildman–Crippen LogP) is 3.48. The van der Waals surface area contributed by atoms with Gasteiger partial charge in [0.05, 0.1) is 7.11 Å². The van der Waals surface area contributed by atoms with Crippen molar-refractivity contribution in [2.75, 3.05) is 7.11 Å². The molecular weight excluding hydrogens is 340 g/mol. The summed E-state index contributed by atoms with van der Waals surface area (Å²) in [5, 5.41) is 10.3. The van der Waals surface area contributed by atoms with Gasteiger partial charge in [0.2, 0.25) is 5.75 Å². The fourth-order valence-corrected chi connectivity index (χ4v) is 2.38. The number of fused-ring (bicyclic) bond motifs is 1. The number of benzene rings is 2. The van der Waals surface area contributed by atoms with Gasteiger partial charge in [-0.2, -0.15) is 0 Å². The van der Waals surface area contributed by atoms with Crippen LogP contribution in [0.25, 0.3) is 17.0 Å². The van der Waals surface area contributed by atoms with E-state index in [0.29, 0.717) is 10.9 Å². The number of phenols is 1. The van der Waals surface area contributed by atoms with Gasteiger partial charge in [-0.25, -0.2) is 4.79 Å². The third-order valence-electron chi connectivity index (χ3n) is 3.61. The van der Waals surface area contributed by atoms with E-state index in [1.807, 2.05) is 0 Å². The molecule has 1 N–H and O–H groups in total. The van der Waals surface area contributed by atoms with E-state index in [-0.39, 0.29) is 40.8 Å². The molecule has 3 aromatic rings. The van der Waals surface area contributed by atoms with E-state index >= 15 is 0 Å². The first-order valence-corrected chi connectivity index (χ1v) is 7.45. The number of ether oxygens (including phenoxy) is 3. The molecule has 7 heteroatoms. The fraction of sp³-hybridized carbons (Fsp3) is 0.0526. The van der Waals surface area contributed by atoms with Gasteiger partial charge in [-0.15, -0.1) is 0 Å². The van der Waals surface area contributed by atoms with Gasteiger partial charge in [0.25, 0.3) is 6.47 Å². The van der Waals surface area contributed by atoms with Gasteiger partial charge in [0.1, 0.15) is 17.1 Å². The van der Waals surface area contributed by atoms with Crippen molar-refractivity contribution in [3.05, 3.63) is 59.0 Å². The quantitative estimate of drug-likeness (QED) is 0.535. The van der Waals surface area contributed by atoms with E-state index in [0.717, 1.165) is 0 Å². The van der Waals surface area contributed by atoms with Crippen molar-refractivity contribution in [2.24, 2.45) is 0 Å². The Morgan fingerprint density at radius 3 is 2.62 bits per heavy atom. The largest absolute Gasteiger partial charge is 0.504 e. The van der Waals surface area contributed by atoms with Crippen LogP contribution in [0.4, 0.5) is 0 Å². The van der Waals surface area contributed by atoms with Gasteiger partial charge in [-0.05, 0) is 24.3 Å². The lowest BCUT2D eigenvalue weighted by Crippen LogP contribution is -2.03. The lowest BCUT2D eigenvalue weighted by Gasteiger charge is -2.09. The molecule has 132 valence electrons. The summed E-state index contributed by atoms with van der Waals surface area (Å²) in [6.45, 7) is 3.91. The van der Waals surface area contributed by atoms with Crippen molar-refractivity contribution in [2.45, 2.75) is 0 Å². The minimum Gasteiger partial charge on any atom is -0.504 e.